The molecule has 2 N–H and O–H groups in total. The minimum atomic E-state index is 0.584. The number of hydrogen-bond acceptors (Lipinski definition) is 5. The third-order valence-corrected chi connectivity index (χ3v) is 4.39. The van der Waals surface area contributed by atoms with Crippen LogP contribution >= 0.6 is 0 Å². The van der Waals surface area contributed by atoms with Gasteiger partial charge in [-0.1, -0.05) is 35.9 Å². The lowest BCUT2D eigenvalue weighted by Crippen LogP contribution is -2.10. The van der Waals surface area contributed by atoms with Crippen molar-refractivity contribution in [1.29, 1.82) is 0 Å². The number of benzene rings is 1. The number of rotatable bonds is 7. The molecule has 0 unspecified atom stereocenters. The molecular weight excluding hydrogens is 298 g/mol. The maximum Gasteiger partial charge on any atom is 0.244 e. The Balaban J connectivity index is 1.50. The topological polar surface area (TPSA) is 62.7 Å². The van der Waals surface area contributed by atoms with E-state index in [9.17, 15) is 0 Å². The summed E-state index contributed by atoms with van der Waals surface area (Å²) in [5.41, 5.74) is 4.08. The fourth-order valence-electron chi connectivity index (χ4n) is 2.92. The van der Waals surface area contributed by atoms with Crippen LogP contribution in [0.25, 0.3) is 0 Å². The Bertz CT molecular complexity index is 696. The first kappa shape index (κ1) is 16.4. The molecule has 0 saturated carbocycles. The molecule has 0 bridgehead atoms. The maximum absolute atomic E-state index is 4.48. The maximum atomic E-state index is 4.48. The van der Waals surface area contributed by atoms with Crippen LogP contribution in [0.2, 0.25) is 0 Å². The highest BCUT2D eigenvalue weighted by Crippen LogP contribution is 2.19. The SMILES string of the molecule is Cc1ccccc1CNc1cnnc(NCCC2=CCCCC2)n1. The monoisotopic (exact) mass is 323 g/mol. The van der Waals surface area contributed by atoms with Gasteiger partial charge in [-0.25, -0.2) is 0 Å². The number of nitrogens with zero attached hydrogens (tertiary/aromatic N) is 3. The second-order valence-electron chi connectivity index (χ2n) is 6.23. The van der Waals surface area contributed by atoms with Crippen LogP contribution in [0.15, 0.2) is 42.1 Å². The van der Waals surface area contributed by atoms with E-state index < -0.39 is 0 Å². The van der Waals surface area contributed by atoms with Crippen molar-refractivity contribution in [3.8, 4) is 0 Å². The summed E-state index contributed by atoms with van der Waals surface area (Å²) in [4.78, 5) is 4.48. The van der Waals surface area contributed by atoms with Gasteiger partial charge in [0.1, 0.15) is 0 Å². The summed E-state index contributed by atoms with van der Waals surface area (Å²) >= 11 is 0. The Hall–Kier alpha value is -2.43. The van der Waals surface area contributed by atoms with Gasteiger partial charge >= 0.3 is 0 Å². The van der Waals surface area contributed by atoms with E-state index in [4.69, 9.17) is 0 Å². The molecule has 0 atom stereocenters. The first-order valence-corrected chi connectivity index (χ1v) is 8.71. The molecule has 1 heterocycles. The van der Waals surface area contributed by atoms with E-state index in [1.54, 1.807) is 11.8 Å². The first-order chi connectivity index (χ1) is 11.8. The highest BCUT2D eigenvalue weighted by atomic mass is 15.3. The Kier molecular flexibility index (Phi) is 5.77. The lowest BCUT2D eigenvalue weighted by Gasteiger charge is -2.13. The lowest BCUT2D eigenvalue weighted by molar-refractivity contribution is 0.678. The molecule has 1 aliphatic carbocycles. The van der Waals surface area contributed by atoms with Crippen LogP contribution in [0.3, 0.4) is 0 Å². The number of hydrogen-bond donors (Lipinski definition) is 2. The first-order valence-electron chi connectivity index (χ1n) is 8.71. The Morgan fingerprint density at radius 1 is 1.12 bits per heavy atom. The zero-order valence-corrected chi connectivity index (χ0v) is 14.3. The van der Waals surface area contributed by atoms with E-state index in [2.05, 4.69) is 63.1 Å². The van der Waals surface area contributed by atoms with E-state index in [1.807, 2.05) is 0 Å². The smallest absolute Gasteiger partial charge is 0.244 e. The Morgan fingerprint density at radius 3 is 2.88 bits per heavy atom. The predicted octanol–water partition coefficient (Wildman–Crippen LogP) is 4.09. The molecular formula is C19H25N5. The summed E-state index contributed by atoms with van der Waals surface area (Å²) < 4.78 is 0. The second-order valence-corrected chi connectivity index (χ2v) is 6.23. The van der Waals surface area contributed by atoms with Gasteiger partial charge in [0.05, 0.1) is 6.20 Å². The number of aromatic nitrogens is 3. The van der Waals surface area contributed by atoms with Crippen LogP contribution in [0, 0.1) is 6.92 Å². The van der Waals surface area contributed by atoms with Gasteiger partial charge in [-0.3, -0.25) is 0 Å². The van der Waals surface area contributed by atoms with E-state index >= 15 is 0 Å². The van der Waals surface area contributed by atoms with Crippen molar-refractivity contribution >= 4 is 11.8 Å². The molecule has 1 aliphatic rings. The van der Waals surface area contributed by atoms with Crippen molar-refractivity contribution in [2.24, 2.45) is 0 Å². The minimum absolute atomic E-state index is 0.584. The van der Waals surface area contributed by atoms with Crippen LogP contribution in [0.4, 0.5) is 11.8 Å². The fourth-order valence-corrected chi connectivity index (χ4v) is 2.92. The van der Waals surface area contributed by atoms with Gasteiger partial charge in [-0.05, 0) is 50.2 Å². The largest absolute Gasteiger partial charge is 0.365 e. The lowest BCUT2D eigenvalue weighted by atomic mass is 9.97. The van der Waals surface area contributed by atoms with Gasteiger partial charge in [-0.15, -0.1) is 5.10 Å². The number of allylic oxidation sites excluding steroid dienone is 1. The van der Waals surface area contributed by atoms with E-state index in [1.165, 1.54) is 36.8 Å². The van der Waals surface area contributed by atoms with Crippen molar-refractivity contribution in [2.45, 2.75) is 45.6 Å². The molecule has 24 heavy (non-hydrogen) atoms. The predicted molar refractivity (Wildman–Crippen MR) is 98.0 cm³/mol. The molecule has 1 aromatic heterocycles. The normalized spacial score (nSPS) is 14.1. The van der Waals surface area contributed by atoms with Gasteiger partial charge in [0.25, 0.3) is 0 Å². The van der Waals surface area contributed by atoms with E-state index in [-0.39, 0.29) is 0 Å². The molecule has 0 spiro atoms. The van der Waals surface area contributed by atoms with Gasteiger partial charge in [0.15, 0.2) is 5.82 Å². The molecule has 0 fully saturated rings. The molecule has 0 aliphatic heterocycles. The molecule has 0 radical (unpaired) electrons. The average molecular weight is 323 g/mol. The molecule has 126 valence electrons. The summed E-state index contributed by atoms with van der Waals surface area (Å²) in [7, 11) is 0. The van der Waals surface area contributed by atoms with Crippen LogP contribution in [0.5, 0.6) is 0 Å². The van der Waals surface area contributed by atoms with Crippen LogP contribution in [-0.4, -0.2) is 21.7 Å². The molecule has 5 nitrogen and oxygen atoms in total. The third-order valence-electron chi connectivity index (χ3n) is 4.39. The zero-order valence-electron chi connectivity index (χ0n) is 14.3. The highest BCUT2D eigenvalue weighted by molar-refractivity contribution is 5.39. The summed E-state index contributed by atoms with van der Waals surface area (Å²) in [6.45, 7) is 3.70. The second kappa shape index (κ2) is 8.43. The number of anilines is 2. The van der Waals surface area contributed by atoms with Crippen molar-refractivity contribution < 1.29 is 0 Å². The highest BCUT2D eigenvalue weighted by Gasteiger charge is 2.05. The summed E-state index contributed by atoms with van der Waals surface area (Å²) in [6, 6.07) is 8.33. The molecule has 2 aromatic rings. The standard InChI is InChI=1S/C19H25N5/c1-15-7-5-6-10-17(15)13-21-18-14-22-24-19(23-18)20-12-11-16-8-3-2-4-9-16/h5-8,10,14H,2-4,9,11-13H2,1H3,(H2,20,21,23,24). The van der Waals surface area contributed by atoms with Crippen molar-refractivity contribution in [3.63, 3.8) is 0 Å². The Labute approximate surface area is 143 Å². The van der Waals surface area contributed by atoms with Gasteiger partial charge in [-0.2, -0.15) is 10.1 Å². The van der Waals surface area contributed by atoms with Gasteiger partial charge in [0.2, 0.25) is 5.95 Å². The zero-order chi connectivity index (χ0) is 16.6. The Morgan fingerprint density at radius 2 is 2.04 bits per heavy atom. The third kappa shape index (κ3) is 4.78. The summed E-state index contributed by atoms with van der Waals surface area (Å²) in [6.07, 6.45) is 10.2. The number of aryl methyl sites for hydroxylation is 1. The molecule has 3 rings (SSSR count). The van der Waals surface area contributed by atoms with Crippen LogP contribution < -0.4 is 10.6 Å². The van der Waals surface area contributed by atoms with Gasteiger partial charge in [0, 0.05) is 13.1 Å². The van der Waals surface area contributed by atoms with Crippen LogP contribution in [0.1, 0.15) is 43.2 Å². The molecule has 0 amide bonds. The van der Waals surface area contributed by atoms with Crippen molar-refractivity contribution in [3.05, 3.63) is 53.2 Å². The molecule has 1 aromatic carbocycles. The van der Waals surface area contributed by atoms with Crippen LogP contribution in [-0.2, 0) is 6.54 Å². The summed E-state index contributed by atoms with van der Waals surface area (Å²) in [5, 5.41) is 14.7. The molecule has 5 heteroatoms. The minimum Gasteiger partial charge on any atom is -0.365 e. The number of nitrogens with one attached hydrogen (secondary N) is 2. The van der Waals surface area contributed by atoms with Gasteiger partial charge < -0.3 is 10.6 Å². The average Bonchev–Trinajstić information content (AvgIpc) is 2.62. The quantitative estimate of drug-likeness (QED) is 0.751. The molecule has 0 saturated heterocycles. The van der Waals surface area contributed by atoms with Crippen molar-refractivity contribution in [2.75, 3.05) is 17.2 Å². The van der Waals surface area contributed by atoms with E-state index in [0.29, 0.717) is 5.95 Å². The van der Waals surface area contributed by atoms with E-state index in [0.717, 1.165) is 25.3 Å². The fraction of sp³-hybridized carbons (Fsp3) is 0.421. The van der Waals surface area contributed by atoms with Crippen molar-refractivity contribution in [1.82, 2.24) is 15.2 Å². The summed E-state index contributed by atoms with van der Waals surface area (Å²) in [5.74, 6) is 1.33.